The summed E-state index contributed by atoms with van der Waals surface area (Å²) >= 11 is 0. The van der Waals surface area contributed by atoms with Crippen LogP contribution in [-0.4, -0.2) is 19.3 Å². The molecule has 1 N–H and O–H groups in total. The van der Waals surface area contributed by atoms with Crippen molar-refractivity contribution < 1.29 is 14.6 Å². The number of aliphatic hydroxyl groups is 1. The van der Waals surface area contributed by atoms with Crippen molar-refractivity contribution in [2.75, 3.05) is 19.1 Å². The van der Waals surface area contributed by atoms with E-state index in [2.05, 4.69) is 29.2 Å². The van der Waals surface area contributed by atoms with Gasteiger partial charge in [-0.15, -0.1) is 0 Å². The van der Waals surface area contributed by atoms with Crippen LogP contribution in [0.25, 0.3) is 0 Å². The van der Waals surface area contributed by atoms with E-state index >= 15 is 0 Å². The normalized spacial score (nSPS) is 10.5. The molecule has 4 nitrogen and oxygen atoms in total. The van der Waals surface area contributed by atoms with Gasteiger partial charge in [-0.25, -0.2) is 0 Å². The van der Waals surface area contributed by atoms with Gasteiger partial charge in [0.2, 0.25) is 0 Å². The summed E-state index contributed by atoms with van der Waals surface area (Å²) in [6, 6.07) is 24.2. The maximum atomic E-state index is 9.31. The van der Waals surface area contributed by atoms with Crippen molar-refractivity contribution in [1.29, 1.82) is 0 Å². The van der Waals surface area contributed by atoms with E-state index < -0.39 is 0 Å². The molecule has 0 amide bonds. The van der Waals surface area contributed by atoms with E-state index in [1.54, 1.807) is 14.2 Å². The molecule has 0 aliphatic rings. The monoisotopic (exact) mass is 363 g/mol. The number of nitrogens with zero attached hydrogens (tertiary/aromatic N) is 1. The molecule has 3 aromatic carbocycles. The van der Waals surface area contributed by atoms with E-state index in [-0.39, 0.29) is 6.61 Å². The van der Waals surface area contributed by atoms with Crippen molar-refractivity contribution in [1.82, 2.24) is 0 Å². The second kappa shape index (κ2) is 9.10. The van der Waals surface area contributed by atoms with Gasteiger partial charge in [0.25, 0.3) is 0 Å². The van der Waals surface area contributed by atoms with Gasteiger partial charge in [0.05, 0.1) is 20.8 Å². The molecular weight excluding hydrogens is 338 g/mol. The molecule has 0 saturated carbocycles. The molecule has 0 radical (unpaired) electrons. The summed E-state index contributed by atoms with van der Waals surface area (Å²) in [6.07, 6.45) is 0. The van der Waals surface area contributed by atoms with Gasteiger partial charge in [0, 0.05) is 18.8 Å². The van der Waals surface area contributed by atoms with Crippen LogP contribution in [0.5, 0.6) is 11.5 Å². The average Bonchev–Trinajstić information content (AvgIpc) is 2.73. The zero-order valence-corrected chi connectivity index (χ0v) is 15.8. The fourth-order valence-corrected chi connectivity index (χ4v) is 3.03. The summed E-state index contributed by atoms with van der Waals surface area (Å²) in [6.45, 7) is 1.53. The SMILES string of the molecule is COc1cccc(CN(Cc2cccc(OC)c2)c2ccc(CO)cc2)c1. The fraction of sp³-hybridized carbons (Fsp3) is 0.217. The van der Waals surface area contributed by atoms with E-state index in [0.717, 1.165) is 35.8 Å². The van der Waals surface area contributed by atoms with Crippen LogP contribution in [-0.2, 0) is 19.7 Å². The summed E-state index contributed by atoms with van der Waals surface area (Å²) < 4.78 is 10.7. The zero-order chi connectivity index (χ0) is 19.1. The molecule has 0 aliphatic carbocycles. The maximum absolute atomic E-state index is 9.31. The Kier molecular flexibility index (Phi) is 6.34. The molecule has 140 valence electrons. The van der Waals surface area contributed by atoms with Gasteiger partial charge in [-0.2, -0.15) is 0 Å². The number of methoxy groups -OCH3 is 2. The van der Waals surface area contributed by atoms with Crippen molar-refractivity contribution >= 4 is 5.69 Å². The zero-order valence-electron chi connectivity index (χ0n) is 15.8. The van der Waals surface area contributed by atoms with Gasteiger partial charge in [0.1, 0.15) is 11.5 Å². The molecule has 0 aromatic heterocycles. The quantitative estimate of drug-likeness (QED) is 0.644. The Morgan fingerprint density at radius 3 is 1.67 bits per heavy atom. The molecule has 0 heterocycles. The molecule has 0 unspecified atom stereocenters. The second-order valence-corrected chi connectivity index (χ2v) is 6.38. The molecule has 0 saturated heterocycles. The summed E-state index contributed by atoms with van der Waals surface area (Å²) in [4.78, 5) is 2.30. The minimum absolute atomic E-state index is 0.0477. The number of hydrogen-bond acceptors (Lipinski definition) is 4. The molecule has 3 aromatic rings. The third kappa shape index (κ3) is 5.02. The molecule has 0 spiro atoms. The molecule has 0 atom stereocenters. The van der Waals surface area contributed by atoms with Crippen molar-refractivity contribution in [2.45, 2.75) is 19.7 Å². The Hall–Kier alpha value is -2.98. The number of benzene rings is 3. The first-order chi connectivity index (χ1) is 13.2. The fourth-order valence-electron chi connectivity index (χ4n) is 3.03. The maximum Gasteiger partial charge on any atom is 0.119 e. The second-order valence-electron chi connectivity index (χ2n) is 6.38. The first-order valence-electron chi connectivity index (χ1n) is 8.92. The molecule has 0 aliphatic heterocycles. The van der Waals surface area contributed by atoms with Crippen molar-refractivity contribution in [3.8, 4) is 11.5 Å². The van der Waals surface area contributed by atoms with Crippen LogP contribution in [0, 0.1) is 0 Å². The lowest BCUT2D eigenvalue weighted by Crippen LogP contribution is -2.22. The van der Waals surface area contributed by atoms with E-state index in [1.165, 1.54) is 11.1 Å². The van der Waals surface area contributed by atoms with Gasteiger partial charge < -0.3 is 19.5 Å². The summed E-state index contributed by atoms with van der Waals surface area (Å²) in [5.41, 5.74) is 4.34. The Labute approximate surface area is 160 Å². The topological polar surface area (TPSA) is 41.9 Å². The van der Waals surface area contributed by atoms with Crippen LogP contribution in [0.1, 0.15) is 16.7 Å². The lowest BCUT2D eigenvalue weighted by molar-refractivity contribution is 0.282. The molecule has 3 rings (SSSR count). The van der Waals surface area contributed by atoms with Crippen molar-refractivity contribution in [2.24, 2.45) is 0 Å². The number of aliphatic hydroxyl groups excluding tert-OH is 1. The van der Waals surface area contributed by atoms with Crippen LogP contribution < -0.4 is 14.4 Å². The summed E-state index contributed by atoms with van der Waals surface area (Å²) in [5.74, 6) is 1.70. The number of rotatable bonds is 8. The van der Waals surface area contributed by atoms with Crippen molar-refractivity contribution in [3.05, 3.63) is 89.5 Å². The number of anilines is 1. The van der Waals surface area contributed by atoms with Gasteiger partial charge in [-0.05, 0) is 53.1 Å². The van der Waals surface area contributed by atoms with Crippen LogP contribution in [0.4, 0.5) is 5.69 Å². The van der Waals surface area contributed by atoms with Crippen LogP contribution in [0.15, 0.2) is 72.8 Å². The van der Waals surface area contributed by atoms with Gasteiger partial charge in [0.15, 0.2) is 0 Å². The van der Waals surface area contributed by atoms with E-state index in [9.17, 15) is 5.11 Å². The predicted octanol–water partition coefficient (Wildman–Crippen LogP) is 4.40. The molecule has 4 heteroatoms. The number of ether oxygens (including phenoxy) is 2. The van der Waals surface area contributed by atoms with Crippen LogP contribution >= 0.6 is 0 Å². The van der Waals surface area contributed by atoms with E-state index in [1.807, 2.05) is 48.5 Å². The standard InChI is InChI=1S/C23H25NO3/c1-26-22-7-3-5-19(13-22)15-24(21-11-9-18(17-25)10-12-21)16-20-6-4-8-23(14-20)27-2/h3-14,25H,15-17H2,1-2H3. The molecule has 27 heavy (non-hydrogen) atoms. The highest BCUT2D eigenvalue weighted by atomic mass is 16.5. The summed E-state index contributed by atoms with van der Waals surface area (Å²) in [5, 5.41) is 9.31. The third-order valence-corrected chi connectivity index (χ3v) is 4.50. The third-order valence-electron chi connectivity index (χ3n) is 4.50. The van der Waals surface area contributed by atoms with Gasteiger partial charge in [-0.1, -0.05) is 36.4 Å². The largest absolute Gasteiger partial charge is 0.497 e. The first-order valence-corrected chi connectivity index (χ1v) is 8.92. The Bertz CT molecular complexity index is 812. The van der Waals surface area contributed by atoms with Crippen LogP contribution in [0.2, 0.25) is 0 Å². The lowest BCUT2D eigenvalue weighted by Gasteiger charge is -2.26. The molecule has 0 bridgehead atoms. The Morgan fingerprint density at radius 1 is 0.704 bits per heavy atom. The Balaban J connectivity index is 1.89. The minimum atomic E-state index is 0.0477. The van der Waals surface area contributed by atoms with Gasteiger partial charge >= 0.3 is 0 Å². The highest BCUT2D eigenvalue weighted by molar-refractivity contribution is 5.49. The molecular formula is C23H25NO3. The highest BCUT2D eigenvalue weighted by Crippen LogP contribution is 2.24. The van der Waals surface area contributed by atoms with E-state index in [4.69, 9.17) is 9.47 Å². The average molecular weight is 363 g/mol. The Morgan fingerprint density at radius 2 is 1.22 bits per heavy atom. The smallest absolute Gasteiger partial charge is 0.119 e. The number of hydrogen-bond donors (Lipinski definition) is 1. The highest BCUT2D eigenvalue weighted by Gasteiger charge is 2.10. The van der Waals surface area contributed by atoms with Crippen molar-refractivity contribution in [3.63, 3.8) is 0 Å². The van der Waals surface area contributed by atoms with E-state index in [0.29, 0.717) is 0 Å². The predicted molar refractivity (Wildman–Crippen MR) is 108 cm³/mol. The first kappa shape index (κ1) is 18.8. The summed E-state index contributed by atoms with van der Waals surface area (Å²) in [7, 11) is 3.36. The van der Waals surface area contributed by atoms with Crippen LogP contribution in [0.3, 0.4) is 0 Å². The van der Waals surface area contributed by atoms with Gasteiger partial charge in [-0.3, -0.25) is 0 Å². The molecule has 0 fully saturated rings. The minimum Gasteiger partial charge on any atom is -0.497 e. The lowest BCUT2D eigenvalue weighted by atomic mass is 10.1.